The van der Waals surface area contributed by atoms with Crippen LogP contribution in [0.3, 0.4) is 0 Å². The van der Waals surface area contributed by atoms with E-state index in [4.69, 9.17) is 0 Å². The van der Waals surface area contributed by atoms with Crippen molar-refractivity contribution in [1.82, 2.24) is 10.2 Å². The molecule has 0 radical (unpaired) electrons. The van der Waals surface area contributed by atoms with Crippen LogP contribution in [0.5, 0.6) is 0 Å². The van der Waals surface area contributed by atoms with Crippen molar-refractivity contribution in [2.24, 2.45) is 5.41 Å². The van der Waals surface area contributed by atoms with Crippen LogP contribution < -0.4 is 5.32 Å². The zero-order chi connectivity index (χ0) is 16.9. The third-order valence-electron chi connectivity index (χ3n) is 4.39. The molecule has 1 aliphatic heterocycles. The van der Waals surface area contributed by atoms with Gasteiger partial charge in [0.1, 0.15) is 5.41 Å². The Kier molecular flexibility index (Phi) is 6.15. The van der Waals surface area contributed by atoms with Crippen LogP contribution >= 0.6 is 11.3 Å². The molecule has 23 heavy (non-hydrogen) atoms. The van der Waals surface area contributed by atoms with Gasteiger partial charge in [-0.15, -0.1) is 11.3 Å². The molecule has 1 aromatic rings. The first-order chi connectivity index (χ1) is 11.0. The third kappa shape index (κ3) is 4.31. The lowest BCUT2D eigenvalue weighted by molar-refractivity contribution is -0.165. The first-order valence-electron chi connectivity index (χ1n) is 7.91. The van der Waals surface area contributed by atoms with Gasteiger partial charge in [0, 0.05) is 18.0 Å². The highest BCUT2D eigenvalue weighted by molar-refractivity contribution is 7.09. The summed E-state index contributed by atoms with van der Waals surface area (Å²) < 4.78 is 0. The molecule has 0 spiro atoms. The van der Waals surface area contributed by atoms with Crippen molar-refractivity contribution in [1.29, 1.82) is 0 Å². The Hall–Kier alpha value is -1.44. The second-order valence-electron chi connectivity index (χ2n) is 6.08. The number of hydrogen-bond donors (Lipinski definition) is 3. The van der Waals surface area contributed by atoms with Crippen LogP contribution in [0.1, 0.15) is 31.1 Å². The molecule has 0 aliphatic carbocycles. The number of amides is 1. The number of rotatable bonds is 7. The van der Waals surface area contributed by atoms with Gasteiger partial charge in [0.2, 0.25) is 5.91 Å². The standard InChI is InChI=1S/C16H24N2O4S/c1-2-6-16(15(21)22)11-18(7-5-13(16)19)10-14(20)17-9-12-4-3-8-23-12/h3-4,8,13,19H,2,5-7,9-11H2,1H3,(H,17,20)(H,21,22)/t13-,16+/m1/s1. The summed E-state index contributed by atoms with van der Waals surface area (Å²) in [6, 6.07) is 3.89. The van der Waals surface area contributed by atoms with Gasteiger partial charge in [0.15, 0.2) is 0 Å². The number of carboxylic acids is 1. The van der Waals surface area contributed by atoms with E-state index in [0.717, 1.165) is 4.88 Å². The molecular weight excluding hydrogens is 316 g/mol. The van der Waals surface area contributed by atoms with Gasteiger partial charge in [-0.3, -0.25) is 14.5 Å². The predicted molar refractivity (Wildman–Crippen MR) is 88.2 cm³/mol. The average molecular weight is 340 g/mol. The molecule has 2 rings (SSSR count). The number of aliphatic carboxylic acids is 1. The number of carboxylic acid groups (broad SMARTS) is 1. The topological polar surface area (TPSA) is 89.9 Å². The molecule has 0 unspecified atom stereocenters. The summed E-state index contributed by atoms with van der Waals surface area (Å²) >= 11 is 1.58. The third-order valence-corrected chi connectivity index (χ3v) is 5.27. The maximum atomic E-state index is 12.1. The van der Waals surface area contributed by atoms with Crippen LogP contribution in [0, 0.1) is 5.41 Å². The van der Waals surface area contributed by atoms with E-state index in [1.807, 2.05) is 29.3 Å². The van der Waals surface area contributed by atoms with Gasteiger partial charge in [-0.1, -0.05) is 19.4 Å². The highest BCUT2D eigenvalue weighted by Gasteiger charge is 2.48. The summed E-state index contributed by atoms with van der Waals surface area (Å²) in [6.45, 7) is 3.31. The van der Waals surface area contributed by atoms with Crippen LogP contribution in [0.15, 0.2) is 17.5 Å². The van der Waals surface area contributed by atoms with Crippen LogP contribution in [-0.4, -0.2) is 52.7 Å². The molecule has 7 heteroatoms. The number of carbonyl (C=O) groups is 2. The molecule has 1 aromatic heterocycles. The molecule has 128 valence electrons. The maximum absolute atomic E-state index is 12.1. The zero-order valence-electron chi connectivity index (χ0n) is 13.3. The molecule has 0 saturated carbocycles. The number of aliphatic hydroxyl groups excluding tert-OH is 1. The maximum Gasteiger partial charge on any atom is 0.313 e. The molecule has 2 heterocycles. The minimum Gasteiger partial charge on any atom is -0.481 e. The molecule has 0 bridgehead atoms. The summed E-state index contributed by atoms with van der Waals surface area (Å²) in [6.07, 6.45) is 0.619. The van der Waals surface area contributed by atoms with Crippen molar-refractivity contribution in [3.05, 3.63) is 22.4 Å². The molecule has 6 nitrogen and oxygen atoms in total. The fourth-order valence-electron chi connectivity index (χ4n) is 3.17. The van der Waals surface area contributed by atoms with Gasteiger partial charge in [-0.25, -0.2) is 0 Å². The van der Waals surface area contributed by atoms with E-state index in [-0.39, 0.29) is 19.0 Å². The number of nitrogens with one attached hydrogen (secondary N) is 1. The van der Waals surface area contributed by atoms with Crippen molar-refractivity contribution in [2.45, 2.75) is 38.8 Å². The lowest BCUT2D eigenvalue weighted by atomic mass is 9.74. The Morgan fingerprint density at radius 2 is 2.30 bits per heavy atom. The van der Waals surface area contributed by atoms with Crippen LogP contribution in [0.25, 0.3) is 0 Å². The minimum absolute atomic E-state index is 0.120. The molecule has 1 amide bonds. The Morgan fingerprint density at radius 1 is 1.52 bits per heavy atom. The van der Waals surface area contributed by atoms with E-state index < -0.39 is 17.5 Å². The smallest absolute Gasteiger partial charge is 0.313 e. The summed E-state index contributed by atoms with van der Waals surface area (Å²) in [7, 11) is 0. The van der Waals surface area contributed by atoms with Crippen molar-refractivity contribution < 1.29 is 19.8 Å². The van der Waals surface area contributed by atoms with Gasteiger partial charge in [0.05, 0.1) is 19.2 Å². The molecule has 3 N–H and O–H groups in total. The van der Waals surface area contributed by atoms with E-state index >= 15 is 0 Å². The predicted octanol–water partition coefficient (Wildman–Crippen LogP) is 1.30. The highest BCUT2D eigenvalue weighted by Crippen LogP contribution is 2.35. The lowest BCUT2D eigenvalue weighted by Crippen LogP contribution is -2.57. The number of thiophene rings is 1. The zero-order valence-corrected chi connectivity index (χ0v) is 14.1. The van der Waals surface area contributed by atoms with Gasteiger partial charge in [-0.05, 0) is 24.3 Å². The van der Waals surface area contributed by atoms with Crippen molar-refractivity contribution in [3.8, 4) is 0 Å². The number of nitrogens with zero attached hydrogens (tertiary/aromatic N) is 1. The van der Waals surface area contributed by atoms with E-state index in [9.17, 15) is 19.8 Å². The van der Waals surface area contributed by atoms with Crippen LogP contribution in [0.4, 0.5) is 0 Å². The average Bonchev–Trinajstić information content (AvgIpc) is 3.02. The highest BCUT2D eigenvalue weighted by atomic mass is 32.1. The van der Waals surface area contributed by atoms with Crippen LogP contribution in [-0.2, 0) is 16.1 Å². The fraction of sp³-hybridized carbons (Fsp3) is 0.625. The van der Waals surface area contributed by atoms with E-state index in [1.165, 1.54) is 0 Å². The Labute approximate surface area is 140 Å². The second kappa shape index (κ2) is 7.90. The number of piperidine rings is 1. The number of likely N-dealkylation sites (tertiary alicyclic amines) is 1. The van der Waals surface area contributed by atoms with Gasteiger partial charge >= 0.3 is 5.97 Å². The molecule has 2 atom stereocenters. The molecule has 1 fully saturated rings. The number of aliphatic hydroxyl groups is 1. The van der Waals surface area contributed by atoms with E-state index in [0.29, 0.717) is 32.4 Å². The van der Waals surface area contributed by atoms with Crippen molar-refractivity contribution in [2.75, 3.05) is 19.6 Å². The molecule has 0 aromatic carbocycles. The Morgan fingerprint density at radius 3 is 2.91 bits per heavy atom. The van der Waals surface area contributed by atoms with Crippen molar-refractivity contribution in [3.63, 3.8) is 0 Å². The summed E-state index contributed by atoms with van der Waals surface area (Å²) in [5.41, 5.74) is -1.17. The first-order valence-corrected chi connectivity index (χ1v) is 8.79. The lowest BCUT2D eigenvalue weighted by Gasteiger charge is -2.43. The quantitative estimate of drug-likeness (QED) is 0.696. The van der Waals surface area contributed by atoms with Gasteiger partial charge in [-0.2, -0.15) is 0 Å². The minimum atomic E-state index is -1.17. The van der Waals surface area contributed by atoms with Gasteiger partial charge in [0.25, 0.3) is 0 Å². The largest absolute Gasteiger partial charge is 0.481 e. The molecule has 1 saturated heterocycles. The van der Waals surface area contributed by atoms with Gasteiger partial charge < -0.3 is 15.5 Å². The fourth-order valence-corrected chi connectivity index (χ4v) is 3.81. The number of carbonyl (C=O) groups excluding carboxylic acids is 1. The summed E-state index contributed by atoms with van der Waals surface area (Å²) in [5, 5.41) is 24.6. The second-order valence-corrected chi connectivity index (χ2v) is 7.11. The SMILES string of the molecule is CCC[C@]1(C(=O)O)CN(CC(=O)NCc2cccs2)CC[C@H]1O. The van der Waals surface area contributed by atoms with E-state index in [2.05, 4.69) is 5.32 Å². The Balaban J connectivity index is 1.92. The first kappa shape index (κ1) is 17.9. The molecule has 1 aliphatic rings. The number of hydrogen-bond acceptors (Lipinski definition) is 5. The van der Waals surface area contributed by atoms with E-state index in [1.54, 1.807) is 11.3 Å². The monoisotopic (exact) mass is 340 g/mol. The normalized spacial score (nSPS) is 25.2. The summed E-state index contributed by atoms with van der Waals surface area (Å²) in [4.78, 5) is 26.7. The van der Waals surface area contributed by atoms with Crippen LogP contribution in [0.2, 0.25) is 0 Å². The van der Waals surface area contributed by atoms with Crippen molar-refractivity contribution >= 4 is 23.2 Å². The summed E-state index contributed by atoms with van der Waals surface area (Å²) in [5.74, 6) is -1.10. The Bertz CT molecular complexity index is 534. The molecular formula is C16H24N2O4S.